The van der Waals surface area contributed by atoms with Crippen molar-refractivity contribution in [3.05, 3.63) is 58.6 Å². The molecule has 0 saturated heterocycles. The standard InChI is InChI=1S/C14H11ClF2N2S/c1-8-6-9(16)2-5-13(8)19-14(20)18-10-3-4-12(17)11(15)7-10/h2-7H,1H3,(H2,18,19,20). The van der Waals surface area contributed by atoms with E-state index in [0.717, 1.165) is 5.56 Å². The molecule has 0 aliphatic heterocycles. The van der Waals surface area contributed by atoms with Crippen LogP contribution in [0.25, 0.3) is 0 Å². The summed E-state index contributed by atoms with van der Waals surface area (Å²) in [5, 5.41) is 6.13. The second-order valence-electron chi connectivity index (χ2n) is 4.17. The van der Waals surface area contributed by atoms with Crippen LogP contribution in [0.3, 0.4) is 0 Å². The van der Waals surface area contributed by atoms with Gasteiger partial charge in [0.1, 0.15) is 11.6 Å². The molecular weight excluding hydrogens is 302 g/mol. The van der Waals surface area contributed by atoms with Gasteiger partial charge in [-0.15, -0.1) is 0 Å². The minimum absolute atomic E-state index is 0.00997. The Kier molecular flexibility index (Phi) is 4.52. The quantitative estimate of drug-likeness (QED) is 0.784. The summed E-state index contributed by atoms with van der Waals surface area (Å²) in [7, 11) is 0. The van der Waals surface area contributed by atoms with Gasteiger partial charge in [-0.2, -0.15) is 0 Å². The monoisotopic (exact) mass is 312 g/mol. The molecular formula is C14H11ClF2N2S. The van der Waals surface area contributed by atoms with Crippen molar-refractivity contribution in [3.63, 3.8) is 0 Å². The van der Waals surface area contributed by atoms with Gasteiger partial charge in [-0.3, -0.25) is 0 Å². The summed E-state index contributed by atoms with van der Waals surface area (Å²) in [5.74, 6) is -0.803. The van der Waals surface area contributed by atoms with Crippen molar-refractivity contribution in [1.82, 2.24) is 0 Å². The van der Waals surface area contributed by atoms with Gasteiger partial charge in [0.05, 0.1) is 5.02 Å². The molecule has 6 heteroatoms. The Morgan fingerprint density at radius 2 is 1.85 bits per heavy atom. The molecule has 0 unspecified atom stereocenters. The highest BCUT2D eigenvalue weighted by Crippen LogP contribution is 2.20. The number of aryl methyl sites for hydroxylation is 1. The molecule has 0 aliphatic rings. The molecule has 0 bridgehead atoms. The van der Waals surface area contributed by atoms with Crippen LogP contribution in [-0.2, 0) is 0 Å². The summed E-state index contributed by atoms with van der Waals surface area (Å²) < 4.78 is 26.0. The first-order chi connectivity index (χ1) is 9.45. The van der Waals surface area contributed by atoms with E-state index in [1.54, 1.807) is 13.0 Å². The molecule has 2 aromatic carbocycles. The van der Waals surface area contributed by atoms with E-state index >= 15 is 0 Å². The number of anilines is 2. The summed E-state index contributed by atoms with van der Waals surface area (Å²) >= 11 is 10.8. The first kappa shape index (κ1) is 14.7. The van der Waals surface area contributed by atoms with E-state index in [-0.39, 0.29) is 10.8 Å². The van der Waals surface area contributed by atoms with E-state index in [1.165, 1.54) is 30.3 Å². The van der Waals surface area contributed by atoms with Gasteiger partial charge in [0, 0.05) is 11.4 Å². The number of thiocarbonyl (C=S) groups is 1. The number of hydrogen-bond acceptors (Lipinski definition) is 1. The van der Waals surface area contributed by atoms with Gasteiger partial charge >= 0.3 is 0 Å². The molecule has 20 heavy (non-hydrogen) atoms. The number of hydrogen-bond donors (Lipinski definition) is 2. The molecule has 0 amide bonds. The Hall–Kier alpha value is -1.72. The number of halogens is 3. The number of nitrogens with one attached hydrogen (secondary N) is 2. The van der Waals surface area contributed by atoms with Crippen molar-refractivity contribution in [2.75, 3.05) is 10.6 Å². The molecule has 0 fully saturated rings. The third kappa shape index (κ3) is 3.65. The molecule has 0 heterocycles. The second-order valence-corrected chi connectivity index (χ2v) is 4.98. The van der Waals surface area contributed by atoms with Gasteiger partial charge in [-0.05, 0) is 61.1 Å². The van der Waals surface area contributed by atoms with Crippen molar-refractivity contribution < 1.29 is 8.78 Å². The molecule has 2 nitrogen and oxygen atoms in total. The average Bonchev–Trinajstić information content (AvgIpc) is 2.37. The first-order valence-corrected chi connectivity index (χ1v) is 6.53. The van der Waals surface area contributed by atoms with E-state index in [0.29, 0.717) is 16.5 Å². The van der Waals surface area contributed by atoms with Gasteiger partial charge in [-0.1, -0.05) is 11.6 Å². The SMILES string of the molecule is Cc1cc(F)ccc1NC(=S)Nc1ccc(F)c(Cl)c1. The van der Waals surface area contributed by atoms with Gasteiger partial charge in [0.15, 0.2) is 5.11 Å². The minimum Gasteiger partial charge on any atom is -0.332 e. The fourth-order valence-electron chi connectivity index (χ4n) is 1.63. The van der Waals surface area contributed by atoms with E-state index < -0.39 is 5.82 Å². The zero-order valence-electron chi connectivity index (χ0n) is 10.5. The predicted molar refractivity (Wildman–Crippen MR) is 82.4 cm³/mol. The largest absolute Gasteiger partial charge is 0.332 e. The van der Waals surface area contributed by atoms with Crippen LogP contribution >= 0.6 is 23.8 Å². The van der Waals surface area contributed by atoms with Crippen LogP contribution < -0.4 is 10.6 Å². The van der Waals surface area contributed by atoms with Crippen molar-refractivity contribution in [2.45, 2.75) is 6.92 Å². The van der Waals surface area contributed by atoms with E-state index in [2.05, 4.69) is 10.6 Å². The summed E-state index contributed by atoms with van der Waals surface area (Å²) in [5.41, 5.74) is 1.98. The molecule has 2 N–H and O–H groups in total. The zero-order valence-corrected chi connectivity index (χ0v) is 12.1. The van der Waals surface area contributed by atoms with E-state index in [4.69, 9.17) is 23.8 Å². The van der Waals surface area contributed by atoms with Crippen molar-refractivity contribution >= 4 is 40.3 Å². The maximum absolute atomic E-state index is 13.0. The molecule has 0 atom stereocenters. The first-order valence-electron chi connectivity index (χ1n) is 5.75. The lowest BCUT2D eigenvalue weighted by Gasteiger charge is -2.12. The van der Waals surface area contributed by atoms with Crippen LogP contribution in [0.15, 0.2) is 36.4 Å². The normalized spacial score (nSPS) is 10.2. The highest BCUT2D eigenvalue weighted by molar-refractivity contribution is 7.80. The highest BCUT2D eigenvalue weighted by Gasteiger charge is 2.05. The van der Waals surface area contributed by atoms with Crippen molar-refractivity contribution in [1.29, 1.82) is 0 Å². The molecule has 0 aromatic heterocycles. The second kappa shape index (κ2) is 6.15. The molecule has 2 rings (SSSR count). The summed E-state index contributed by atoms with van der Waals surface area (Å²) in [6.07, 6.45) is 0. The fourth-order valence-corrected chi connectivity index (χ4v) is 2.03. The Balaban J connectivity index is 2.07. The Bertz CT molecular complexity index is 662. The lowest BCUT2D eigenvalue weighted by molar-refractivity contribution is 0.627. The number of benzene rings is 2. The zero-order chi connectivity index (χ0) is 14.7. The third-order valence-electron chi connectivity index (χ3n) is 2.61. The number of rotatable bonds is 2. The minimum atomic E-state index is -0.495. The Morgan fingerprint density at radius 1 is 1.10 bits per heavy atom. The molecule has 2 aromatic rings. The van der Waals surface area contributed by atoms with Gasteiger partial charge in [0.2, 0.25) is 0 Å². The molecule has 0 aliphatic carbocycles. The summed E-state index contributed by atoms with van der Waals surface area (Å²) in [6.45, 7) is 1.77. The summed E-state index contributed by atoms with van der Waals surface area (Å²) in [6, 6.07) is 8.54. The van der Waals surface area contributed by atoms with Crippen LogP contribution in [0.5, 0.6) is 0 Å². The third-order valence-corrected chi connectivity index (χ3v) is 3.11. The maximum atomic E-state index is 13.0. The lowest BCUT2D eigenvalue weighted by atomic mass is 10.2. The fraction of sp³-hybridized carbons (Fsp3) is 0.0714. The van der Waals surface area contributed by atoms with Crippen LogP contribution in [0.2, 0.25) is 5.02 Å². The van der Waals surface area contributed by atoms with Gasteiger partial charge in [-0.25, -0.2) is 8.78 Å². The predicted octanol–water partition coefficient (Wildman–Crippen LogP) is 4.74. The van der Waals surface area contributed by atoms with E-state index in [9.17, 15) is 8.78 Å². The highest BCUT2D eigenvalue weighted by atomic mass is 35.5. The van der Waals surface area contributed by atoms with Crippen LogP contribution in [-0.4, -0.2) is 5.11 Å². The van der Waals surface area contributed by atoms with Crippen molar-refractivity contribution in [3.8, 4) is 0 Å². The van der Waals surface area contributed by atoms with Crippen LogP contribution in [0.1, 0.15) is 5.56 Å². The lowest BCUT2D eigenvalue weighted by Crippen LogP contribution is -2.19. The van der Waals surface area contributed by atoms with Gasteiger partial charge < -0.3 is 10.6 Å². The van der Waals surface area contributed by atoms with Crippen LogP contribution in [0, 0.1) is 18.6 Å². The molecule has 0 spiro atoms. The molecule has 0 saturated carbocycles. The average molecular weight is 313 g/mol. The Morgan fingerprint density at radius 3 is 2.50 bits per heavy atom. The molecule has 104 valence electrons. The van der Waals surface area contributed by atoms with Gasteiger partial charge in [0.25, 0.3) is 0 Å². The maximum Gasteiger partial charge on any atom is 0.175 e. The molecule has 0 radical (unpaired) electrons. The Labute approximate surface area is 125 Å². The topological polar surface area (TPSA) is 24.1 Å². The van der Waals surface area contributed by atoms with Crippen molar-refractivity contribution in [2.24, 2.45) is 0 Å². The van der Waals surface area contributed by atoms with E-state index in [1.807, 2.05) is 0 Å². The van der Waals surface area contributed by atoms with Crippen LogP contribution in [0.4, 0.5) is 20.2 Å². The smallest absolute Gasteiger partial charge is 0.175 e. The summed E-state index contributed by atoms with van der Waals surface area (Å²) in [4.78, 5) is 0.